The molecule has 0 aliphatic heterocycles. The second-order valence-electron chi connectivity index (χ2n) is 5.66. The molecule has 0 heterocycles. The Morgan fingerprint density at radius 3 is 2.10 bits per heavy atom. The largest absolute Gasteiger partial charge is 0.280 e. The van der Waals surface area contributed by atoms with E-state index >= 15 is 0 Å². The number of nitrogens with two attached hydrogens (primary N) is 1. The van der Waals surface area contributed by atoms with Gasteiger partial charge in [0, 0.05) is 0 Å². The van der Waals surface area contributed by atoms with Crippen LogP contribution < -0.4 is 10.9 Å². The topological polar surface area (TPSA) is 29.3 Å². The summed E-state index contributed by atoms with van der Waals surface area (Å²) in [5.41, 5.74) is 3.40. The molecule has 0 unspecified atom stereocenters. The van der Waals surface area contributed by atoms with Crippen LogP contribution in [-0.2, 0) is 6.42 Å². The lowest BCUT2D eigenvalue weighted by Gasteiger charge is -2.19. The summed E-state index contributed by atoms with van der Waals surface area (Å²) in [6, 6.07) is 18.6. The molecule has 0 aliphatic carbocycles. The molecule has 0 spiro atoms. The zero-order valence-corrected chi connectivity index (χ0v) is 12.4. The van der Waals surface area contributed by atoms with Crippen LogP contribution in [0, 0.1) is 5.92 Å². The van der Waals surface area contributed by atoms with E-state index in [0.717, 1.165) is 23.7 Å². The van der Waals surface area contributed by atoms with Crippen molar-refractivity contribution in [3.63, 3.8) is 0 Å². The summed E-state index contributed by atoms with van der Waals surface area (Å²) in [5, 5.41) is 1.72. The third-order valence-electron chi connectivity index (χ3n) is 3.50. The molecule has 0 saturated carbocycles. The van der Waals surface area contributed by atoms with Crippen molar-refractivity contribution in [2.24, 2.45) is 11.8 Å². The van der Waals surface area contributed by atoms with Crippen LogP contribution in [0.1, 0.15) is 32.3 Å². The molecule has 0 aromatic heterocycles. The minimum atomic E-state index is 0.784. The second-order valence-corrected chi connectivity index (χ2v) is 5.66. The average Bonchev–Trinajstić information content (AvgIpc) is 2.48. The highest BCUT2D eigenvalue weighted by Gasteiger charge is 2.04. The van der Waals surface area contributed by atoms with Crippen LogP contribution in [0.25, 0.3) is 0 Å². The molecule has 2 aromatic rings. The predicted octanol–water partition coefficient (Wildman–Crippen LogP) is 4.68. The van der Waals surface area contributed by atoms with Crippen molar-refractivity contribution in [1.82, 2.24) is 0 Å². The van der Waals surface area contributed by atoms with Gasteiger partial charge in [-0.05, 0) is 48.6 Å². The van der Waals surface area contributed by atoms with Gasteiger partial charge in [-0.1, -0.05) is 50.6 Å². The summed E-state index contributed by atoms with van der Waals surface area (Å²) >= 11 is 0. The Morgan fingerprint density at radius 2 is 1.50 bits per heavy atom. The van der Waals surface area contributed by atoms with Gasteiger partial charge in [-0.3, -0.25) is 5.01 Å². The standard InChI is InChI=1S/C18H24N2/c1-15(2)7-6-8-16-11-13-18(14-12-16)20(19)17-9-4-3-5-10-17/h3-5,9-15H,6-8,19H2,1-2H3. The van der Waals surface area contributed by atoms with Crippen molar-refractivity contribution in [3.8, 4) is 0 Å². The van der Waals surface area contributed by atoms with Crippen LogP contribution in [0.15, 0.2) is 54.6 Å². The molecule has 0 radical (unpaired) electrons. The number of hydrogen-bond donors (Lipinski definition) is 1. The van der Waals surface area contributed by atoms with Gasteiger partial charge < -0.3 is 0 Å². The van der Waals surface area contributed by atoms with Crippen molar-refractivity contribution in [2.75, 3.05) is 5.01 Å². The maximum Gasteiger partial charge on any atom is 0.0575 e. The number of hydrogen-bond acceptors (Lipinski definition) is 2. The van der Waals surface area contributed by atoms with Crippen LogP contribution in [0.5, 0.6) is 0 Å². The highest BCUT2D eigenvalue weighted by Crippen LogP contribution is 2.22. The third kappa shape index (κ3) is 4.10. The molecule has 2 rings (SSSR count). The van der Waals surface area contributed by atoms with Gasteiger partial charge in [-0.2, -0.15) is 0 Å². The number of hydrazine groups is 1. The van der Waals surface area contributed by atoms with Crippen molar-refractivity contribution < 1.29 is 0 Å². The first-order valence-electron chi connectivity index (χ1n) is 7.35. The number of rotatable bonds is 6. The molecular formula is C18H24N2. The average molecular weight is 268 g/mol. The number of aryl methyl sites for hydroxylation is 1. The summed E-state index contributed by atoms with van der Waals surface area (Å²) in [6.07, 6.45) is 3.69. The normalized spacial score (nSPS) is 10.8. The third-order valence-corrected chi connectivity index (χ3v) is 3.50. The summed E-state index contributed by atoms with van der Waals surface area (Å²) in [7, 11) is 0. The molecule has 0 bridgehead atoms. The summed E-state index contributed by atoms with van der Waals surface area (Å²) in [6.45, 7) is 4.55. The van der Waals surface area contributed by atoms with E-state index in [1.165, 1.54) is 18.4 Å². The van der Waals surface area contributed by atoms with E-state index in [2.05, 4.69) is 38.1 Å². The maximum atomic E-state index is 6.14. The SMILES string of the molecule is CC(C)CCCc1ccc(N(N)c2ccccc2)cc1. The lowest BCUT2D eigenvalue weighted by atomic mass is 10.0. The molecule has 2 aromatic carbocycles. The van der Waals surface area contributed by atoms with E-state index in [9.17, 15) is 0 Å². The fraction of sp³-hybridized carbons (Fsp3) is 0.333. The highest BCUT2D eigenvalue weighted by molar-refractivity contribution is 5.61. The van der Waals surface area contributed by atoms with Crippen molar-refractivity contribution >= 4 is 11.4 Å². The molecule has 106 valence electrons. The van der Waals surface area contributed by atoms with E-state index in [1.54, 1.807) is 5.01 Å². The number of benzene rings is 2. The molecule has 0 atom stereocenters. The van der Waals surface area contributed by atoms with Gasteiger partial charge in [0.25, 0.3) is 0 Å². The van der Waals surface area contributed by atoms with Crippen molar-refractivity contribution in [3.05, 3.63) is 60.2 Å². The molecule has 0 amide bonds. The van der Waals surface area contributed by atoms with Gasteiger partial charge >= 0.3 is 0 Å². The van der Waals surface area contributed by atoms with E-state index in [4.69, 9.17) is 5.84 Å². The minimum absolute atomic E-state index is 0.784. The number of nitrogens with zero attached hydrogens (tertiary/aromatic N) is 1. The summed E-state index contributed by atoms with van der Waals surface area (Å²) in [4.78, 5) is 0. The van der Waals surface area contributed by atoms with Crippen LogP contribution in [0.4, 0.5) is 11.4 Å². The van der Waals surface area contributed by atoms with Gasteiger partial charge in [0.05, 0.1) is 11.4 Å². The minimum Gasteiger partial charge on any atom is -0.280 e. The highest BCUT2D eigenvalue weighted by atomic mass is 15.4. The Bertz CT molecular complexity index is 503. The van der Waals surface area contributed by atoms with Gasteiger partial charge in [0.1, 0.15) is 0 Å². The first kappa shape index (κ1) is 14.6. The molecule has 20 heavy (non-hydrogen) atoms. The quantitative estimate of drug-likeness (QED) is 0.609. The summed E-state index contributed by atoms with van der Waals surface area (Å²) in [5.74, 6) is 6.92. The molecular weight excluding hydrogens is 244 g/mol. The predicted molar refractivity (Wildman–Crippen MR) is 87.0 cm³/mol. The van der Waals surface area contributed by atoms with Crippen LogP contribution in [0.2, 0.25) is 0 Å². The van der Waals surface area contributed by atoms with Crippen molar-refractivity contribution in [1.29, 1.82) is 0 Å². The number of anilines is 2. The van der Waals surface area contributed by atoms with E-state index in [0.29, 0.717) is 0 Å². The van der Waals surface area contributed by atoms with Gasteiger partial charge in [0.15, 0.2) is 0 Å². The maximum absolute atomic E-state index is 6.14. The van der Waals surface area contributed by atoms with Crippen molar-refractivity contribution in [2.45, 2.75) is 33.1 Å². The fourth-order valence-corrected chi connectivity index (χ4v) is 2.28. The first-order valence-corrected chi connectivity index (χ1v) is 7.35. The molecule has 0 fully saturated rings. The Balaban J connectivity index is 1.97. The van der Waals surface area contributed by atoms with Gasteiger partial charge in [0.2, 0.25) is 0 Å². The smallest absolute Gasteiger partial charge is 0.0575 e. The lowest BCUT2D eigenvalue weighted by molar-refractivity contribution is 0.556. The monoisotopic (exact) mass is 268 g/mol. The summed E-state index contributed by atoms with van der Waals surface area (Å²) < 4.78 is 0. The zero-order chi connectivity index (χ0) is 14.4. The van der Waals surface area contributed by atoms with Crippen LogP contribution in [-0.4, -0.2) is 0 Å². The Kier molecular flexibility index (Phi) is 5.19. The molecule has 0 aliphatic rings. The Hall–Kier alpha value is -1.80. The molecule has 2 nitrogen and oxygen atoms in total. The van der Waals surface area contributed by atoms with Gasteiger partial charge in [-0.15, -0.1) is 0 Å². The Morgan fingerprint density at radius 1 is 0.900 bits per heavy atom. The molecule has 2 N–H and O–H groups in total. The van der Waals surface area contributed by atoms with E-state index in [-0.39, 0.29) is 0 Å². The van der Waals surface area contributed by atoms with E-state index in [1.807, 2.05) is 30.3 Å². The molecule has 0 saturated heterocycles. The first-order chi connectivity index (χ1) is 9.66. The van der Waals surface area contributed by atoms with E-state index < -0.39 is 0 Å². The van der Waals surface area contributed by atoms with Crippen LogP contribution >= 0.6 is 0 Å². The Labute approximate surface area is 122 Å². The lowest BCUT2D eigenvalue weighted by Crippen LogP contribution is -2.24. The second kappa shape index (κ2) is 7.11. The van der Waals surface area contributed by atoms with Gasteiger partial charge in [-0.25, -0.2) is 5.84 Å². The van der Waals surface area contributed by atoms with Crippen LogP contribution in [0.3, 0.4) is 0 Å². The zero-order valence-electron chi connectivity index (χ0n) is 12.4. The molecule has 2 heteroatoms. The fourth-order valence-electron chi connectivity index (χ4n) is 2.28. The number of para-hydroxylation sites is 1.